The zero-order valence-electron chi connectivity index (χ0n) is 14.0. The van der Waals surface area contributed by atoms with Crippen LogP contribution in [0.2, 0.25) is 0 Å². The Labute approximate surface area is 147 Å². The van der Waals surface area contributed by atoms with E-state index in [1.54, 1.807) is 11.0 Å². The van der Waals surface area contributed by atoms with Crippen LogP contribution in [0.1, 0.15) is 49.9 Å². The second-order valence-corrected chi connectivity index (χ2v) is 6.91. The van der Waals surface area contributed by atoms with Gasteiger partial charge in [-0.2, -0.15) is 0 Å². The van der Waals surface area contributed by atoms with E-state index in [1.165, 1.54) is 25.7 Å². The summed E-state index contributed by atoms with van der Waals surface area (Å²) in [6, 6.07) is 5.47. The predicted octanol–water partition coefficient (Wildman–Crippen LogP) is 3.88. The minimum Gasteiger partial charge on any atom is -0.303 e. The Morgan fingerprint density at radius 3 is 2.30 bits per heavy atom. The molecule has 0 unspecified atom stereocenters. The van der Waals surface area contributed by atoms with Crippen molar-refractivity contribution in [1.29, 1.82) is 0 Å². The quantitative estimate of drug-likeness (QED) is 0.610. The first-order chi connectivity index (χ1) is 11.1. The van der Waals surface area contributed by atoms with Crippen LogP contribution in [0.4, 0.5) is 5.69 Å². The molecule has 1 heterocycles. The van der Waals surface area contributed by atoms with Crippen molar-refractivity contribution in [1.82, 2.24) is 4.90 Å². The Balaban J connectivity index is 2.04. The molecule has 2 rings (SSSR count). The maximum atomic E-state index is 12.3. The van der Waals surface area contributed by atoms with Crippen LogP contribution in [0.3, 0.4) is 0 Å². The van der Waals surface area contributed by atoms with Crippen molar-refractivity contribution < 1.29 is 9.59 Å². The Hall–Kier alpha value is -1.20. The smallest absolute Gasteiger partial charge is 0.299 e. The molecule has 126 valence electrons. The van der Waals surface area contributed by atoms with Gasteiger partial charge in [0, 0.05) is 17.6 Å². The molecular formula is C18H25BrN2O2. The third-order valence-corrected chi connectivity index (χ3v) is 4.72. The van der Waals surface area contributed by atoms with Gasteiger partial charge < -0.3 is 9.80 Å². The number of nitrogens with zero attached hydrogens (tertiary/aromatic N) is 2. The number of anilines is 1. The van der Waals surface area contributed by atoms with Crippen molar-refractivity contribution >= 4 is 33.3 Å². The number of carbonyl (C=O) groups is 2. The number of rotatable bonds is 9. The van der Waals surface area contributed by atoms with Crippen LogP contribution in [0.15, 0.2) is 22.7 Å². The van der Waals surface area contributed by atoms with Crippen molar-refractivity contribution in [3.8, 4) is 0 Å². The third kappa shape index (κ3) is 4.42. The van der Waals surface area contributed by atoms with Crippen molar-refractivity contribution in [3.63, 3.8) is 0 Å². The number of hydrogen-bond acceptors (Lipinski definition) is 3. The molecule has 1 amide bonds. The molecule has 4 nitrogen and oxygen atoms in total. The maximum Gasteiger partial charge on any atom is 0.299 e. The molecule has 0 aromatic heterocycles. The molecule has 1 aliphatic heterocycles. The van der Waals surface area contributed by atoms with E-state index in [4.69, 9.17) is 0 Å². The molecule has 0 aliphatic carbocycles. The van der Waals surface area contributed by atoms with E-state index >= 15 is 0 Å². The second kappa shape index (κ2) is 8.60. The summed E-state index contributed by atoms with van der Waals surface area (Å²) in [7, 11) is 0. The van der Waals surface area contributed by atoms with Gasteiger partial charge in [0.25, 0.3) is 11.7 Å². The van der Waals surface area contributed by atoms with Gasteiger partial charge in [-0.3, -0.25) is 9.59 Å². The zero-order chi connectivity index (χ0) is 16.8. The fourth-order valence-corrected chi connectivity index (χ4v) is 3.20. The summed E-state index contributed by atoms with van der Waals surface area (Å²) in [5, 5.41) is 0. The van der Waals surface area contributed by atoms with Crippen molar-refractivity contribution in [2.24, 2.45) is 0 Å². The van der Waals surface area contributed by atoms with Gasteiger partial charge >= 0.3 is 0 Å². The summed E-state index contributed by atoms with van der Waals surface area (Å²) < 4.78 is 0.826. The number of benzene rings is 1. The first kappa shape index (κ1) is 18.1. The molecular weight excluding hydrogens is 356 g/mol. The van der Waals surface area contributed by atoms with Gasteiger partial charge in [0.1, 0.15) is 0 Å². The van der Waals surface area contributed by atoms with E-state index in [-0.39, 0.29) is 0 Å². The average Bonchev–Trinajstić information content (AvgIpc) is 2.78. The minimum absolute atomic E-state index is 0.394. The van der Waals surface area contributed by atoms with E-state index in [2.05, 4.69) is 34.7 Å². The molecule has 1 aromatic rings. The SMILES string of the molecule is CCCCN(CCCC)CCN1C(=O)C(=O)c2cc(Br)ccc21. The van der Waals surface area contributed by atoms with Crippen molar-refractivity contribution in [2.75, 3.05) is 31.1 Å². The molecule has 23 heavy (non-hydrogen) atoms. The van der Waals surface area contributed by atoms with E-state index < -0.39 is 11.7 Å². The molecule has 1 aliphatic rings. The summed E-state index contributed by atoms with van der Waals surface area (Å²) in [5.41, 5.74) is 1.26. The molecule has 0 radical (unpaired) electrons. The number of carbonyl (C=O) groups excluding carboxylic acids is 2. The van der Waals surface area contributed by atoms with E-state index in [9.17, 15) is 9.59 Å². The van der Waals surface area contributed by atoms with Gasteiger partial charge in [-0.15, -0.1) is 0 Å². The fraction of sp³-hybridized carbons (Fsp3) is 0.556. The Bertz CT molecular complexity index is 566. The maximum absolute atomic E-state index is 12.3. The number of Topliss-reactive ketones (excluding diaryl/α,β-unsaturated/α-hetero) is 1. The average molecular weight is 381 g/mol. The molecule has 0 atom stereocenters. The molecule has 0 bridgehead atoms. The number of halogens is 1. The molecule has 0 N–H and O–H groups in total. The van der Waals surface area contributed by atoms with Gasteiger partial charge in [0.2, 0.25) is 0 Å². The minimum atomic E-state index is -0.399. The lowest BCUT2D eigenvalue weighted by Crippen LogP contribution is -2.38. The Morgan fingerprint density at radius 2 is 1.70 bits per heavy atom. The zero-order valence-corrected chi connectivity index (χ0v) is 15.6. The van der Waals surface area contributed by atoms with Crippen LogP contribution < -0.4 is 4.90 Å². The summed E-state index contributed by atoms with van der Waals surface area (Å²) in [6.07, 6.45) is 4.67. The lowest BCUT2D eigenvalue weighted by Gasteiger charge is -2.25. The highest BCUT2D eigenvalue weighted by Crippen LogP contribution is 2.31. The summed E-state index contributed by atoms with van der Waals surface area (Å²) in [6.45, 7) is 7.88. The van der Waals surface area contributed by atoms with Gasteiger partial charge in [-0.05, 0) is 44.1 Å². The van der Waals surface area contributed by atoms with Crippen LogP contribution in [-0.4, -0.2) is 42.8 Å². The molecule has 1 aromatic carbocycles. The summed E-state index contributed by atoms with van der Waals surface area (Å²) >= 11 is 3.36. The normalized spacial score (nSPS) is 14.0. The monoisotopic (exact) mass is 380 g/mol. The first-order valence-electron chi connectivity index (χ1n) is 8.46. The summed E-state index contributed by atoms with van der Waals surface area (Å²) in [4.78, 5) is 28.4. The van der Waals surface area contributed by atoms with E-state index in [0.717, 1.165) is 29.8 Å². The highest BCUT2D eigenvalue weighted by molar-refractivity contribution is 9.10. The van der Waals surface area contributed by atoms with Crippen LogP contribution in [0.5, 0.6) is 0 Å². The molecule has 0 spiro atoms. The van der Waals surface area contributed by atoms with E-state index in [1.807, 2.05) is 12.1 Å². The summed E-state index contributed by atoms with van der Waals surface area (Å²) in [5.74, 6) is -0.793. The standard InChI is InChI=1S/C18H25BrN2O2/c1-3-5-9-20(10-6-4-2)11-12-21-16-8-7-14(19)13-15(16)17(22)18(21)23/h7-8,13H,3-6,9-12H2,1-2H3. The van der Waals surface area contributed by atoms with Gasteiger partial charge in [-0.1, -0.05) is 42.6 Å². The van der Waals surface area contributed by atoms with Crippen LogP contribution in [0.25, 0.3) is 0 Å². The molecule has 0 saturated carbocycles. The second-order valence-electron chi connectivity index (χ2n) is 6.00. The Morgan fingerprint density at radius 1 is 1.04 bits per heavy atom. The van der Waals surface area contributed by atoms with Crippen molar-refractivity contribution in [2.45, 2.75) is 39.5 Å². The molecule has 5 heteroatoms. The fourth-order valence-electron chi connectivity index (χ4n) is 2.83. The lowest BCUT2D eigenvalue weighted by molar-refractivity contribution is -0.114. The number of amides is 1. The Kier molecular flexibility index (Phi) is 6.78. The van der Waals surface area contributed by atoms with E-state index in [0.29, 0.717) is 12.1 Å². The van der Waals surface area contributed by atoms with Gasteiger partial charge in [0.15, 0.2) is 0 Å². The van der Waals surface area contributed by atoms with Crippen LogP contribution >= 0.6 is 15.9 Å². The topological polar surface area (TPSA) is 40.6 Å². The number of unbranched alkanes of at least 4 members (excludes halogenated alkanes) is 2. The highest BCUT2D eigenvalue weighted by atomic mass is 79.9. The van der Waals surface area contributed by atoms with Crippen LogP contribution in [-0.2, 0) is 4.79 Å². The largest absolute Gasteiger partial charge is 0.303 e. The third-order valence-electron chi connectivity index (χ3n) is 4.23. The molecule has 0 saturated heterocycles. The van der Waals surface area contributed by atoms with Crippen molar-refractivity contribution in [3.05, 3.63) is 28.2 Å². The van der Waals surface area contributed by atoms with Gasteiger partial charge in [0.05, 0.1) is 11.3 Å². The predicted molar refractivity (Wildman–Crippen MR) is 97.1 cm³/mol. The first-order valence-corrected chi connectivity index (χ1v) is 9.25. The van der Waals surface area contributed by atoms with Crippen LogP contribution in [0, 0.1) is 0 Å². The number of hydrogen-bond donors (Lipinski definition) is 0. The highest BCUT2D eigenvalue weighted by Gasteiger charge is 2.35. The van der Waals surface area contributed by atoms with Gasteiger partial charge in [-0.25, -0.2) is 0 Å². The number of fused-ring (bicyclic) bond motifs is 1. The molecule has 0 fully saturated rings. The number of ketones is 1. The lowest BCUT2D eigenvalue weighted by atomic mass is 10.1.